The second kappa shape index (κ2) is 17.7. The lowest BCUT2D eigenvalue weighted by Crippen LogP contribution is -2.54. The number of amides is 1. The number of rotatable bonds is 12. The zero-order valence-electron chi connectivity index (χ0n) is 38.9. The topological polar surface area (TPSA) is 185 Å². The van der Waals surface area contributed by atoms with Crippen molar-refractivity contribution >= 4 is 44.2 Å². The molecule has 1 spiro atoms. The van der Waals surface area contributed by atoms with Gasteiger partial charge >= 0.3 is 15.8 Å². The molecule has 2 saturated carbocycles. The average molecular weight is 931 g/mol. The number of hydrogen-bond donors (Lipinski definition) is 3. The van der Waals surface area contributed by atoms with E-state index >= 15 is 0 Å². The first-order chi connectivity index (χ1) is 32.1. The number of carbonyl (C=O) groups is 1. The number of fused-ring (bicyclic) bond motifs is 2. The summed E-state index contributed by atoms with van der Waals surface area (Å²) in [6.45, 7) is 12.2. The third-order valence-electron chi connectivity index (χ3n) is 15.6. The molecule has 5 aromatic rings. The lowest BCUT2D eigenvalue weighted by molar-refractivity contribution is -0.389. The largest absolute Gasteiger partial charge is 0.489 e. The lowest BCUT2D eigenvalue weighted by atomic mass is 9.59. The van der Waals surface area contributed by atoms with Crippen molar-refractivity contribution in [2.45, 2.75) is 127 Å². The van der Waals surface area contributed by atoms with Crippen molar-refractivity contribution in [2.75, 3.05) is 36.5 Å². The predicted octanol–water partition coefficient (Wildman–Crippen LogP) is 10.3. The highest BCUT2D eigenvalue weighted by molar-refractivity contribution is 7.90. The SMILES string of the molecule is CC(C)c1ccccc1[C@H]1CCCN1C1CC2(CCN(c3ccc(C(=O)NS(=O)(=O)c4cc5c(c([N+](=O)[O-])n4)N[C@@H](CC4CCC(C)(C)CC4)CO5)c(Oc4cnc5[nH]ccc5c4)c3)CC2)C1. The average Bonchev–Trinajstić information content (AvgIpc) is 3.98. The molecule has 15 nitrogen and oxygen atoms in total. The fourth-order valence-corrected chi connectivity index (χ4v) is 12.6. The second-order valence-electron chi connectivity index (χ2n) is 20.9. The van der Waals surface area contributed by atoms with Gasteiger partial charge in [-0.2, -0.15) is 8.42 Å². The highest BCUT2D eigenvalue weighted by Crippen LogP contribution is 2.54. The minimum atomic E-state index is -4.74. The molecule has 3 N–H and O–H groups in total. The first kappa shape index (κ1) is 45.1. The normalized spacial score (nSPS) is 22.0. The molecule has 10 rings (SSSR count). The van der Waals surface area contributed by atoms with Crippen LogP contribution in [-0.2, 0) is 10.0 Å². The van der Waals surface area contributed by atoms with Gasteiger partial charge in [0.05, 0.1) is 17.8 Å². The van der Waals surface area contributed by atoms with Crippen molar-refractivity contribution in [3.63, 3.8) is 0 Å². The fraction of sp³-hybridized carbons (Fsp3) is 0.510. The van der Waals surface area contributed by atoms with Crippen LogP contribution >= 0.6 is 0 Å². The summed E-state index contributed by atoms with van der Waals surface area (Å²) >= 11 is 0. The Morgan fingerprint density at radius 3 is 2.55 bits per heavy atom. The number of H-pyrrole nitrogens is 1. The summed E-state index contributed by atoms with van der Waals surface area (Å²) in [7, 11) is -4.74. The van der Waals surface area contributed by atoms with Crippen LogP contribution in [0.3, 0.4) is 0 Å². The number of pyridine rings is 2. The molecule has 2 saturated heterocycles. The quantitative estimate of drug-likeness (QED) is 0.0796. The van der Waals surface area contributed by atoms with E-state index in [-0.39, 0.29) is 35.4 Å². The van der Waals surface area contributed by atoms with Gasteiger partial charge in [-0.3, -0.25) is 9.69 Å². The van der Waals surface area contributed by atoms with Gasteiger partial charge in [-0.1, -0.05) is 52.0 Å². The van der Waals surface area contributed by atoms with Crippen LogP contribution in [0.25, 0.3) is 11.0 Å². The number of carbonyl (C=O) groups excluding carboxylic acids is 1. The summed E-state index contributed by atoms with van der Waals surface area (Å²) in [5.74, 6) is -0.239. The Kier molecular flexibility index (Phi) is 11.9. The number of piperidine rings is 1. The minimum absolute atomic E-state index is 0.00929. The van der Waals surface area contributed by atoms with E-state index in [1.165, 1.54) is 36.8 Å². The molecule has 3 aliphatic heterocycles. The lowest BCUT2D eigenvalue weighted by Gasteiger charge is -2.56. The van der Waals surface area contributed by atoms with E-state index in [1.807, 2.05) is 12.1 Å². The Balaban J connectivity index is 0.845. The number of nitrogens with one attached hydrogen (secondary N) is 3. The molecule has 2 aliphatic carbocycles. The molecular formula is C51H62N8O7S. The zero-order chi connectivity index (χ0) is 46.7. The molecule has 354 valence electrons. The van der Waals surface area contributed by atoms with Gasteiger partial charge in [0, 0.05) is 54.6 Å². The molecule has 0 unspecified atom stereocenters. The number of nitrogens with zero attached hydrogens (tertiary/aromatic N) is 5. The first-order valence-corrected chi connectivity index (χ1v) is 25.6. The number of hydrogen-bond acceptors (Lipinski definition) is 12. The summed E-state index contributed by atoms with van der Waals surface area (Å²) in [6, 6.07) is 19.8. The van der Waals surface area contributed by atoms with Crippen LogP contribution in [0, 0.1) is 26.9 Å². The third kappa shape index (κ3) is 9.18. The Morgan fingerprint density at radius 1 is 1.01 bits per heavy atom. The van der Waals surface area contributed by atoms with Crippen LogP contribution < -0.4 is 24.4 Å². The number of anilines is 2. The van der Waals surface area contributed by atoms with Gasteiger partial charge in [-0.25, -0.2) is 9.71 Å². The first-order valence-electron chi connectivity index (χ1n) is 24.1. The van der Waals surface area contributed by atoms with Crippen molar-refractivity contribution in [1.29, 1.82) is 0 Å². The van der Waals surface area contributed by atoms with Crippen LogP contribution in [0.4, 0.5) is 17.2 Å². The van der Waals surface area contributed by atoms with Crippen molar-refractivity contribution in [3.05, 3.63) is 99.9 Å². The fourth-order valence-electron chi connectivity index (χ4n) is 11.7. The second-order valence-corrected chi connectivity index (χ2v) is 22.6. The van der Waals surface area contributed by atoms with Gasteiger partial charge in [0.2, 0.25) is 0 Å². The third-order valence-corrected chi connectivity index (χ3v) is 16.8. The standard InChI is InChI=1S/C51H62N8O7S/c1-32(2)39-8-5-6-9-40(39)42-10-7-21-58(42)37-28-51(29-37)18-22-57(23-19-51)36-11-12-41(43(26-36)66-38-25-34-15-20-52-47(34)53-30-38)49(60)56-67(63,64)45-27-44-46(48(55-45)59(61)62)54-35(31-65-44)24-33-13-16-50(3,4)17-14-33/h5-6,8-9,11-12,15,20,25-27,30,32-33,35,37,42,54H,7,10,13-14,16-19,21-24,28-29,31H2,1-4H3,(H,52,53)(H,56,60)/t35-,42+/m0/s1. The van der Waals surface area contributed by atoms with Crippen LogP contribution in [0.15, 0.2) is 78.1 Å². The molecule has 67 heavy (non-hydrogen) atoms. The molecule has 6 heterocycles. The summed E-state index contributed by atoms with van der Waals surface area (Å²) in [4.78, 5) is 42.3. The van der Waals surface area contributed by atoms with Crippen LogP contribution in [0.2, 0.25) is 0 Å². The molecule has 4 fully saturated rings. The summed E-state index contributed by atoms with van der Waals surface area (Å²) in [5.41, 5.74) is 5.07. The van der Waals surface area contributed by atoms with E-state index in [4.69, 9.17) is 9.47 Å². The van der Waals surface area contributed by atoms with Gasteiger partial charge in [-0.05, 0) is 145 Å². The molecule has 3 aromatic heterocycles. The number of likely N-dealkylation sites (tertiary alicyclic amines) is 1. The highest BCUT2D eigenvalue weighted by Gasteiger charge is 2.50. The van der Waals surface area contributed by atoms with Gasteiger partial charge in [-0.15, -0.1) is 0 Å². The molecule has 0 bridgehead atoms. The maximum absolute atomic E-state index is 14.1. The molecule has 1 amide bonds. The Labute approximate surface area is 392 Å². The van der Waals surface area contributed by atoms with Crippen LogP contribution in [0.1, 0.15) is 132 Å². The highest BCUT2D eigenvalue weighted by atomic mass is 32.2. The van der Waals surface area contributed by atoms with Gasteiger partial charge in [0.15, 0.2) is 11.4 Å². The van der Waals surface area contributed by atoms with Crippen molar-refractivity contribution in [1.82, 2.24) is 24.6 Å². The molecule has 16 heteroatoms. The van der Waals surface area contributed by atoms with Crippen LogP contribution in [0.5, 0.6) is 17.2 Å². The molecule has 5 aliphatic rings. The van der Waals surface area contributed by atoms with Gasteiger partial charge in [0.1, 0.15) is 23.8 Å². The monoisotopic (exact) mass is 930 g/mol. The summed E-state index contributed by atoms with van der Waals surface area (Å²) in [6.07, 6.45) is 15.4. The van der Waals surface area contributed by atoms with E-state index in [0.29, 0.717) is 46.1 Å². The zero-order valence-corrected chi connectivity index (χ0v) is 39.7. The van der Waals surface area contributed by atoms with Crippen molar-refractivity contribution < 1.29 is 27.6 Å². The minimum Gasteiger partial charge on any atom is -0.489 e. The number of aromatic amines is 1. The number of ether oxygens (including phenoxy) is 2. The molecule has 0 radical (unpaired) electrons. The van der Waals surface area contributed by atoms with Crippen molar-refractivity contribution in [2.24, 2.45) is 16.7 Å². The van der Waals surface area contributed by atoms with E-state index in [2.05, 4.69) is 86.8 Å². The number of benzene rings is 2. The number of sulfonamides is 1. The summed E-state index contributed by atoms with van der Waals surface area (Å²) in [5, 5.41) is 15.7. The molecular weight excluding hydrogens is 869 g/mol. The predicted molar refractivity (Wildman–Crippen MR) is 258 cm³/mol. The van der Waals surface area contributed by atoms with Gasteiger partial charge in [0.25, 0.3) is 10.9 Å². The number of nitro groups is 1. The molecule has 2 atom stereocenters. The summed E-state index contributed by atoms with van der Waals surface area (Å²) < 4.78 is 42.3. The molecule has 2 aromatic carbocycles. The van der Waals surface area contributed by atoms with E-state index in [9.17, 15) is 23.3 Å². The van der Waals surface area contributed by atoms with E-state index in [1.54, 1.807) is 30.6 Å². The maximum atomic E-state index is 14.1. The Morgan fingerprint density at radius 2 is 1.79 bits per heavy atom. The number of aromatic nitrogens is 3. The Bertz CT molecular complexity index is 2780. The smallest absolute Gasteiger partial charge is 0.392 e. The van der Waals surface area contributed by atoms with Gasteiger partial charge < -0.3 is 34.8 Å². The van der Waals surface area contributed by atoms with E-state index < -0.39 is 31.7 Å². The Hall–Kier alpha value is -5.74. The van der Waals surface area contributed by atoms with E-state index in [0.717, 1.165) is 81.7 Å². The maximum Gasteiger partial charge on any atom is 0.392 e. The van der Waals surface area contributed by atoms with Crippen LogP contribution in [-0.4, -0.2) is 77.4 Å². The van der Waals surface area contributed by atoms with Crippen molar-refractivity contribution in [3.8, 4) is 17.2 Å².